The minimum absolute atomic E-state index is 0.128. The standard InChI is InChI=1S/C20H18N2O5/c1-27-15-8-6-12(7-9-15)18(23)22-17(20(25)26)11-14-10-13-4-2-3-5-16(13)21-19(14)24/h2-10,17H,11H2,1H3,(H,21,24)(H,22,23)(H,25,26). The summed E-state index contributed by atoms with van der Waals surface area (Å²) < 4.78 is 5.03. The summed E-state index contributed by atoms with van der Waals surface area (Å²) in [5.41, 5.74) is 0.879. The molecule has 1 amide bonds. The number of para-hydroxylation sites is 1. The van der Waals surface area contributed by atoms with Crippen LogP contribution < -0.4 is 15.6 Å². The van der Waals surface area contributed by atoms with Gasteiger partial charge < -0.3 is 20.1 Å². The number of rotatable bonds is 6. The molecule has 7 heteroatoms. The average molecular weight is 366 g/mol. The van der Waals surface area contributed by atoms with Crippen LogP contribution in [0.3, 0.4) is 0 Å². The number of carbonyl (C=O) groups excluding carboxylic acids is 1. The predicted molar refractivity (Wildman–Crippen MR) is 100 cm³/mol. The van der Waals surface area contributed by atoms with Crippen molar-refractivity contribution in [2.45, 2.75) is 12.5 Å². The van der Waals surface area contributed by atoms with Gasteiger partial charge in [-0.05, 0) is 41.8 Å². The Labute approximate surface area is 154 Å². The minimum Gasteiger partial charge on any atom is -0.497 e. The number of benzene rings is 2. The number of hydrogen-bond acceptors (Lipinski definition) is 4. The fraction of sp³-hybridized carbons (Fsp3) is 0.150. The van der Waals surface area contributed by atoms with Crippen LogP contribution in [-0.2, 0) is 11.2 Å². The van der Waals surface area contributed by atoms with Crippen molar-refractivity contribution in [3.63, 3.8) is 0 Å². The Balaban J connectivity index is 1.81. The molecule has 1 unspecified atom stereocenters. The summed E-state index contributed by atoms with van der Waals surface area (Å²) in [6.07, 6.45) is -0.128. The van der Waals surface area contributed by atoms with Crippen molar-refractivity contribution in [2.24, 2.45) is 0 Å². The fourth-order valence-electron chi connectivity index (χ4n) is 2.75. The second-order valence-corrected chi connectivity index (χ2v) is 6.01. The molecule has 0 radical (unpaired) electrons. The summed E-state index contributed by atoms with van der Waals surface area (Å²) in [5.74, 6) is -1.17. The third-order valence-corrected chi connectivity index (χ3v) is 4.21. The van der Waals surface area contributed by atoms with Crippen molar-refractivity contribution < 1.29 is 19.4 Å². The van der Waals surface area contributed by atoms with Gasteiger partial charge in [-0.25, -0.2) is 4.79 Å². The molecule has 2 aromatic carbocycles. The number of methoxy groups -OCH3 is 1. The molecule has 0 aliphatic rings. The van der Waals surface area contributed by atoms with Crippen LogP contribution in [0, 0.1) is 0 Å². The molecule has 0 saturated heterocycles. The molecule has 0 aliphatic carbocycles. The Hall–Kier alpha value is -3.61. The van der Waals surface area contributed by atoms with Gasteiger partial charge in [0.05, 0.1) is 7.11 Å². The normalized spacial score (nSPS) is 11.7. The minimum atomic E-state index is -1.23. The monoisotopic (exact) mass is 366 g/mol. The molecule has 1 atom stereocenters. The summed E-state index contributed by atoms with van der Waals surface area (Å²) in [7, 11) is 1.51. The van der Waals surface area contributed by atoms with Gasteiger partial charge in [0.15, 0.2) is 0 Å². The van der Waals surface area contributed by atoms with Crippen molar-refractivity contribution in [3.8, 4) is 5.75 Å². The van der Waals surface area contributed by atoms with E-state index in [4.69, 9.17) is 4.74 Å². The third kappa shape index (κ3) is 4.14. The molecule has 0 spiro atoms. The van der Waals surface area contributed by atoms with E-state index in [1.54, 1.807) is 30.3 Å². The molecule has 27 heavy (non-hydrogen) atoms. The van der Waals surface area contributed by atoms with E-state index in [0.717, 1.165) is 5.39 Å². The molecule has 138 valence electrons. The number of ether oxygens (including phenoxy) is 1. The maximum absolute atomic E-state index is 12.3. The van der Waals surface area contributed by atoms with Crippen molar-refractivity contribution >= 4 is 22.8 Å². The summed E-state index contributed by atoms with van der Waals surface area (Å²) in [6.45, 7) is 0. The number of carbonyl (C=O) groups is 2. The van der Waals surface area contributed by atoms with Crippen LogP contribution in [0.25, 0.3) is 10.9 Å². The Bertz CT molecular complexity index is 1040. The van der Waals surface area contributed by atoms with Crippen LogP contribution in [0.1, 0.15) is 15.9 Å². The molecule has 7 nitrogen and oxygen atoms in total. The molecule has 0 bridgehead atoms. The molecule has 3 N–H and O–H groups in total. The number of aromatic nitrogens is 1. The predicted octanol–water partition coefficient (Wildman–Crippen LogP) is 1.96. The molecule has 0 aliphatic heterocycles. The van der Waals surface area contributed by atoms with Crippen LogP contribution in [0.15, 0.2) is 59.4 Å². The zero-order valence-electron chi connectivity index (χ0n) is 14.6. The maximum Gasteiger partial charge on any atom is 0.326 e. The fourth-order valence-corrected chi connectivity index (χ4v) is 2.75. The molecule has 3 aromatic rings. The Morgan fingerprint density at radius 1 is 1.15 bits per heavy atom. The number of amides is 1. The van der Waals surface area contributed by atoms with E-state index in [9.17, 15) is 19.5 Å². The van der Waals surface area contributed by atoms with Gasteiger partial charge in [0, 0.05) is 23.1 Å². The Morgan fingerprint density at radius 3 is 2.52 bits per heavy atom. The number of carboxylic acid groups (broad SMARTS) is 1. The number of pyridine rings is 1. The van der Waals surface area contributed by atoms with Gasteiger partial charge in [-0.2, -0.15) is 0 Å². The number of aromatic amines is 1. The molecule has 1 aromatic heterocycles. The molecular weight excluding hydrogens is 348 g/mol. The lowest BCUT2D eigenvalue weighted by atomic mass is 10.0. The van der Waals surface area contributed by atoms with Crippen LogP contribution in [0.4, 0.5) is 0 Å². The van der Waals surface area contributed by atoms with E-state index in [1.807, 2.05) is 12.1 Å². The van der Waals surface area contributed by atoms with E-state index in [-0.39, 0.29) is 17.5 Å². The maximum atomic E-state index is 12.3. The summed E-state index contributed by atoms with van der Waals surface area (Å²) in [5, 5.41) is 12.7. The summed E-state index contributed by atoms with van der Waals surface area (Å²) in [6, 6.07) is 13.9. The number of hydrogen-bond donors (Lipinski definition) is 3. The third-order valence-electron chi connectivity index (χ3n) is 4.21. The van der Waals surface area contributed by atoms with Gasteiger partial charge in [-0.1, -0.05) is 18.2 Å². The topological polar surface area (TPSA) is 108 Å². The first-order valence-corrected chi connectivity index (χ1v) is 8.26. The zero-order valence-corrected chi connectivity index (χ0v) is 14.6. The molecule has 0 saturated carbocycles. The van der Waals surface area contributed by atoms with E-state index in [1.165, 1.54) is 19.2 Å². The van der Waals surface area contributed by atoms with Crippen molar-refractivity contribution in [3.05, 3.63) is 76.1 Å². The second-order valence-electron chi connectivity index (χ2n) is 6.01. The lowest BCUT2D eigenvalue weighted by molar-refractivity contribution is -0.139. The quantitative estimate of drug-likeness (QED) is 0.618. The highest BCUT2D eigenvalue weighted by atomic mass is 16.5. The first kappa shape index (κ1) is 18.2. The second kappa shape index (κ2) is 7.74. The average Bonchev–Trinajstić information content (AvgIpc) is 2.67. The Kier molecular flexibility index (Phi) is 5.21. The van der Waals surface area contributed by atoms with Gasteiger partial charge >= 0.3 is 5.97 Å². The first-order chi connectivity index (χ1) is 13.0. The Morgan fingerprint density at radius 2 is 1.85 bits per heavy atom. The van der Waals surface area contributed by atoms with Crippen molar-refractivity contribution in [2.75, 3.05) is 7.11 Å². The van der Waals surface area contributed by atoms with Crippen molar-refractivity contribution in [1.82, 2.24) is 10.3 Å². The van der Waals surface area contributed by atoms with Crippen LogP contribution >= 0.6 is 0 Å². The van der Waals surface area contributed by atoms with Crippen LogP contribution in [0.2, 0.25) is 0 Å². The highest BCUT2D eigenvalue weighted by Gasteiger charge is 2.22. The van der Waals surface area contributed by atoms with Crippen LogP contribution in [0.5, 0.6) is 5.75 Å². The largest absolute Gasteiger partial charge is 0.497 e. The van der Waals surface area contributed by atoms with Gasteiger partial charge in [0.1, 0.15) is 11.8 Å². The van der Waals surface area contributed by atoms with Crippen LogP contribution in [-0.4, -0.2) is 35.1 Å². The van der Waals surface area contributed by atoms with Gasteiger partial charge in [0.25, 0.3) is 11.5 Å². The van der Waals surface area contributed by atoms with E-state index >= 15 is 0 Å². The number of carboxylic acids is 1. The van der Waals surface area contributed by atoms with Gasteiger partial charge in [-0.15, -0.1) is 0 Å². The number of nitrogens with one attached hydrogen (secondary N) is 2. The highest BCUT2D eigenvalue weighted by molar-refractivity contribution is 5.96. The molecule has 3 rings (SSSR count). The zero-order chi connectivity index (χ0) is 19.4. The number of H-pyrrole nitrogens is 1. The summed E-state index contributed by atoms with van der Waals surface area (Å²) in [4.78, 5) is 38.9. The van der Waals surface area contributed by atoms with Crippen molar-refractivity contribution in [1.29, 1.82) is 0 Å². The summed E-state index contributed by atoms with van der Waals surface area (Å²) >= 11 is 0. The smallest absolute Gasteiger partial charge is 0.326 e. The lowest BCUT2D eigenvalue weighted by Crippen LogP contribution is -2.43. The molecule has 0 fully saturated rings. The van der Waals surface area contributed by atoms with E-state index in [2.05, 4.69) is 10.3 Å². The van der Waals surface area contributed by atoms with E-state index in [0.29, 0.717) is 16.8 Å². The first-order valence-electron chi connectivity index (χ1n) is 8.26. The van der Waals surface area contributed by atoms with Gasteiger partial charge in [-0.3, -0.25) is 9.59 Å². The lowest BCUT2D eigenvalue weighted by Gasteiger charge is -2.15. The SMILES string of the molecule is COc1ccc(C(=O)NC(Cc2cc3ccccc3[nH]c2=O)C(=O)O)cc1. The van der Waals surface area contributed by atoms with E-state index < -0.39 is 17.9 Å². The van der Waals surface area contributed by atoms with Gasteiger partial charge in [0.2, 0.25) is 0 Å². The molecule has 1 heterocycles. The number of aliphatic carboxylic acids is 1. The highest BCUT2D eigenvalue weighted by Crippen LogP contribution is 2.13. The number of fused-ring (bicyclic) bond motifs is 1. The molecular formula is C20H18N2O5.